The standard InChI is InChI=1S/C21H22N2O2/c1-13(2)25-18-9-6-16(7-10-18)12-19-21(24)23-20(22-19)17-8-5-14(3)15(4)11-17/h5-13H,1-4H3,(H,22,23,24)/b19-12+. The SMILES string of the molecule is Cc1ccc(C2=N/C(=C/c3ccc(OC(C)C)cc3)C(=O)N2)cc1C. The second-order valence-corrected chi connectivity index (χ2v) is 6.48. The third-order valence-electron chi connectivity index (χ3n) is 4.03. The Morgan fingerprint density at radius 3 is 2.40 bits per heavy atom. The van der Waals surface area contributed by atoms with E-state index in [0.29, 0.717) is 11.5 Å². The molecule has 2 aromatic carbocycles. The molecule has 1 N–H and O–H groups in total. The summed E-state index contributed by atoms with van der Waals surface area (Å²) < 4.78 is 5.63. The van der Waals surface area contributed by atoms with Crippen LogP contribution in [0.15, 0.2) is 53.2 Å². The van der Waals surface area contributed by atoms with E-state index >= 15 is 0 Å². The third-order valence-corrected chi connectivity index (χ3v) is 4.03. The number of nitrogens with one attached hydrogen (secondary N) is 1. The van der Waals surface area contributed by atoms with Crippen molar-refractivity contribution in [3.63, 3.8) is 0 Å². The summed E-state index contributed by atoms with van der Waals surface area (Å²) in [5.74, 6) is 1.22. The largest absolute Gasteiger partial charge is 0.491 e. The molecule has 0 unspecified atom stereocenters. The van der Waals surface area contributed by atoms with Gasteiger partial charge in [0.2, 0.25) is 0 Å². The van der Waals surface area contributed by atoms with E-state index in [2.05, 4.69) is 17.2 Å². The lowest BCUT2D eigenvalue weighted by molar-refractivity contribution is -0.115. The molecular formula is C21H22N2O2. The summed E-state index contributed by atoms with van der Waals surface area (Å²) in [4.78, 5) is 16.7. The molecule has 0 fully saturated rings. The molecule has 0 atom stereocenters. The first-order chi connectivity index (χ1) is 11.9. The first kappa shape index (κ1) is 17.0. The van der Waals surface area contributed by atoms with Crippen LogP contribution >= 0.6 is 0 Å². The third kappa shape index (κ3) is 3.97. The predicted octanol–water partition coefficient (Wildman–Crippen LogP) is 4.01. The number of hydrogen-bond donors (Lipinski definition) is 1. The molecule has 0 bridgehead atoms. The van der Waals surface area contributed by atoms with Gasteiger partial charge >= 0.3 is 0 Å². The quantitative estimate of drug-likeness (QED) is 0.859. The molecule has 0 aromatic heterocycles. The van der Waals surface area contributed by atoms with Gasteiger partial charge in [0.05, 0.1) is 6.10 Å². The van der Waals surface area contributed by atoms with E-state index in [1.54, 1.807) is 6.08 Å². The fraction of sp³-hybridized carbons (Fsp3) is 0.238. The van der Waals surface area contributed by atoms with Gasteiger partial charge in [0.1, 0.15) is 17.3 Å². The highest BCUT2D eigenvalue weighted by Crippen LogP contribution is 2.19. The molecule has 0 saturated carbocycles. The molecule has 0 saturated heterocycles. The Morgan fingerprint density at radius 2 is 1.76 bits per heavy atom. The Hall–Kier alpha value is -2.88. The van der Waals surface area contributed by atoms with E-state index in [1.807, 2.05) is 63.2 Å². The van der Waals surface area contributed by atoms with Gasteiger partial charge in [-0.15, -0.1) is 0 Å². The summed E-state index contributed by atoms with van der Waals surface area (Å²) >= 11 is 0. The van der Waals surface area contributed by atoms with Crippen molar-refractivity contribution in [3.8, 4) is 5.75 Å². The van der Waals surface area contributed by atoms with Crippen LogP contribution < -0.4 is 10.1 Å². The van der Waals surface area contributed by atoms with Gasteiger partial charge < -0.3 is 10.1 Å². The van der Waals surface area contributed by atoms with Crippen molar-refractivity contribution in [3.05, 3.63) is 70.4 Å². The molecule has 1 amide bonds. The summed E-state index contributed by atoms with van der Waals surface area (Å²) in [6.07, 6.45) is 1.91. The number of ether oxygens (including phenoxy) is 1. The van der Waals surface area contributed by atoms with E-state index in [-0.39, 0.29) is 12.0 Å². The Morgan fingerprint density at radius 1 is 1.04 bits per heavy atom. The van der Waals surface area contributed by atoms with Gasteiger partial charge in [0.15, 0.2) is 0 Å². The van der Waals surface area contributed by atoms with Crippen LogP contribution in [0.4, 0.5) is 0 Å². The number of aryl methyl sites for hydroxylation is 2. The molecule has 25 heavy (non-hydrogen) atoms. The van der Waals surface area contributed by atoms with E-state index < -0.39 is 0 Å². The smallest absolute Gasteiger partial charge is 0.275 e. The number of carbonyl (C=O) groups is 1. The monoisotopic (exact) mass is 334 g/mol. The van der Waals surface area contributed by atoms with E-state index in [1.165, 1.54) is 11.1 Å². The minimum absolute atomic E-state index is 0.134. The van der Waals surface area contributed by atoms with Gasteiger partial charge in [0.25, 0.3) is 5.91 Å². The molecule has 1 aliphatic rings. The zero-order valence-electron chi connectivity index (χ0n) is 15.0. The lowest BCUT2D eigenvalue weighted by Gasteiger charge is -2.09. The van der Waals surface area contributed by atoms with Crippen molar-refractivity contribution in [2.45, 2.75) is 33.8 Å². The summed E-state index contributed by atoms with van der Waals surface area (Å²) in [6.45, 7) is 8.09. The number of amidine groups is 1. The Balaban J connectivity index is 1.84. The number of amides is 1. The number of nitrogens with zero attached hydrogens (tertiary/aromatic N) is 1. The van der Waals surface area contributed by atoms with Gasteiger partial charge in [0, 0.05) is 5.56 Å². The molecular weight excluding hydrogens is 312 g/mol. The molecule has 4 heteroatoms. The van der Waals surface area contributed by atoms with Crippen molar-refractivity contribution in [1.82, 2.24) is 5.32 Å². The number of hydrogen-bond acceptors (Lipinski definition) is 3. The summed E-state index contributed by atoms with van der Waals surface area (Å²) in [5, 5.41) is 2.84. The van der Waals surface area contributed by atoms with Crippen molar-refractivity contribution >= 4 is 17.8 Å². The number of aliphatic imine (C=N–C) groups is 1. The number of carbonyl (C=O) groups excluding carboxylic acids is 1. The normalized spacial score (nSPS) is 15.5. The summed E-state index contributed by atoms with van der Waals surface area (Å²) in [6, 6.07) is 13.7. The number of benzene rings is 2. The lowest BCUT2D eigenvalue weighted by atomic mass is 10.1. The molecule has 0 aliphatic carbocycles. The van der Waals surface area contributed by atoms with Crippen molar-refractivity contribution in [1.29, 1.82) is 0 Å². The minimum Gasteiger partial charge on any atom is -0.491 e. The zero-order chi connectivity index (χ0) is 18.0. The zero-order valence-corrected chi connectivity index (χ0v) is 15.0. The van der Waals surface area contributed by atoms with Gasteiger partial charge in [-0.25, -0.2) is 4.99 Å². The van der Waals surface area contributed by atoms with Crippen LogP contribution in [0.5, 0.6) is 5.75 Å². The molecule has 2 aromatic rings. The Labute approximate surface area is 148 Å². The Kier molecular flexibility index (Phi) is 4.70. The van der Waals surface area contributed by atoms with Gasteiger partial charge in [-0.05, 0) is 68.7 Å². The molecule has 0 radical (unpaired) electrons. The van der Waals surface area contributed by atoms with E-state index in [4.69, 9.17) is 4.74 Å². The average Bonchev–Trinajstić information content (AvgIpc) is 2.92. The highest BCUT2D eigenvalue weighted by molar-refractivity contribution is 6.19. The summed E-state index contributed by atoms with van der Waals surface area (Å²) in [5.41, 5.74) is 4.62. The maximum atomic E-state index is 12.2. The Bertz CT molecular complexity index is 862. The molecule has 128 valence electrons. The number of rotatable bonds is 4. The van der Waals surface area contributed by atoms with Crippen LogP contribution in [-0.4, -0.2) is 17.8 Å². The van der Waals surface area contributed by atoms with Gasteiger partial charge in [-0.3, -0.25) is 4.79 Å². The second-order valence-electron chi connectivity index (χ2n) is 6.48. The molecule has 1 heterocycles. The fourth-order valence-electron chi connectivity index (χ4n) is 2.57. The average molecular weight is 334 g/mol. The topological polar surface area (TPSA) is 50.7 Å². The highest BCUT2D eigenvalue weighted by atomic mass is 16.5. The van der Waals surface area contributed by atoms with Crippen LogP contribution in [0.1, 0.15) is 36.1 Å². The summed E-state index contributed by atoms with van der Waals surface area (Å²) in [7, 11) is 0. The van der Waals surface area contributed by atoms with Crippen LogP contribution in [0.3, 0.4) is 0 Å². The lowest BCUT2D eigenvalue weighted by Crippen LogP contribution is -2.24. The van der Waals surface area contributed by atoms with Crippen LogP contribution in [0, 0.1) is 13.8 Å². The maximum absolute atomic E-state index is 12.2. The van der Waals surface area contributed by atoms with E-state index in [9.17, 15) is 4.79 Å². The molecule has 4 nitrogen and oxygen atoms in total. The second kappa shape index (κ2) is 6.93. The first-order valence-electron chi connectivity index (χ1n) is 8.38. The van der Waals surface area contributed by atoms with Crippen LogP contribution in [0.25, 0.3) is 6.08 Å². The fourth-order valence-corrected chi connectivity index (χ4v) is 2.57. The highest BCUT2D eigenvalue weighted by Gasteiger charge is 2.21. The van der Waals surface area contributed by atoms with E-state index in [0.717, 1.165) is 16.9 Å². The van der Waals surface area contributed by atoms with Crippen molar-refractivity contribution < 1.29 is 9.53 Å². The first-order valence-corrected chi connectivity index (χ1v) is 8.38. The van der Waals surface area contributed by atoms with Gasteiger partial charge in [-0.1, -0.05) is 24.3 Å². The predicted molar refractivity (Wildman–Crippen MR) is 101 cm³/mol. The van der Waals surface area contributed by atoms with Crippen molar-refractivity contribution in [2.75, 3.05) is 0 Å². The van der Waals surface area contributed by atoms with Crippen LogP contribution in [0.2, 0.25) is 0 Å². The van der Waals surface area contributed by atoms with Crippen molar-refractivity contribution in [2.24, 2.45) is 4.99 Å². The minimum atomic E-state index is -0.185. The molecule has 3 rings (SSSR count). The maximum Gasteiger partial charge on any atom is 0.275 e. The van der Waals surface area contributed by atoms with Crippen LogP contribution in [-0.2, 0) is 4.79 Å². The molecule has 0 spiro atoms. The van der Waals surface area contributed by atoms with Gasteiger partial charge in [-0.2, -0.15) is 0 Å². The molecule has 1 aliphatic heterocycles.